The van der Waals surface area contributed by atoms with Crippen molar-refractivity contribution in [2.45, 2.75) is 31.6 Å². The number of benzene rings is 1. The van der Waals surface area contributed by atoms with Crippen LogP contribution in [0, 0.1) is 5.92 Å². The second-order valence-electron chi connectivity index (χ2n) is 7.73. The van der Waals surface area contributed by atoms with Gasteiger partial charge >= 0.3 is 5.97 Å². The molecule has 1 aromatic heterocycles. The van der Waals surface area contributed by atoms with Crippen LogP contribution in [0.3, 0.4) is 0 Å². The van der Waals surface area contributed by atoms with Crippen LogP contribution in [-0.4, -0.2) is 38.5 Å². The van der Waals surface area contributed by atoms with Gasteiger partial charge in [-0.3, -0.25) is 14.4 Å². The van der Waals surface area contributed by atoms with Crippen LogP contribution in [0.2, 0.25) is 0 Å². The first kappa shape index (κ1) is 21.7. The molecular formula is C24H25NO7. The zero-order chi connectivity index (χ0) is 22.8. The summed E-state index contributed by atoms with van der Waals surface area (Å²) in [7, 11) is 3.06. The number of furan rings is 1. The highest BCUT2D eigenvalue weighted by Crippen LogP contribution is 2.46. The third-order valence-corrected chi connectivity index (χ3v) is 5.99. The van der Waals surface area contributed by atoms with E-state index in [0.717, 1.165) is 5.56 Å². The largest absolute Gasteiger partial charge is 0.493 e. The molecular weight excluding hydrogens is 414 g/mol. The minimum absolute atomic E-state index is 0.0843. The van der Waals surface area contributed by atoms with Gasteiger partial charge in [0.2, 0.25) is 5.91 Å². The lowest BCUT2D eigenvalue weighted by atomic mass is 9.69. The maximum absolute atomic E-state index is 13.7. The molecule has 0 spiro atoms. The molecule has 1 aliphatic carbocycles. The van der Waals surface area contributed by atoms with Crippen LogP contribution in [0.4, 0.5) is 0 Å². The number of esters is 1. The number of hydrogen-bond donors (Lipinski definition) is 1. The number of ether oxygens (including phenoxy) is 3. The Morgan fingerprint density at radius 2 is 1.91 bits per heavy atom. The van der Waals surface area contributed by atoms with E-state index < -0.39 is 23.7 Å². The molecule has 4 rings (SSSR count). The topological polar surface area (TPSA) is 104 Å². The van der Waals surface area contributed by atoms with Gasteiger partial charge in [0.05, 0.1) is 27.1 Å². The van der Waals surface area contributed by atoms with Crippen LogP contribution in [0.15, 0.2) is 52.3 Å². The van der Waals surface area contributed by atoms with Crippen molar-refractivity contribution in [2.24, 2.45) is 5.92 Å². The molecule has 32 heavy (non-hydrogen) atoms. The minimum Gasteiger partial charge on any atom is -0.493 e. The van der Waals surface area contributed by atoms with Crippen molar-refractivity contribution in [3.63, 3.8) is 0 Å². The van der Waals surface area contributed by atoms with E-state index in [0.29, 0.717) is 28.5 Å². The quantitative estimate of drug-likeness (QED) is 0.545. The first-order chi connectivity index (χ1) is 15.5. The first-order valence-corrected chi connectivity index (χ1v) is 10.5. The molecule has 0 bridgehead atoms. The Kier molecular flexibility index (Phi) is 6.03. The van der Waals surface area contributed by atoms with E-state index in [1.54, 1.807) is 37.3 Å². The lowest BCUT2D eigenvalue weighted by Gasteiger charge is -2.37. The number of amides is 1. The second kappa shape index (κ2) is 8.90. The van der Waals surface area contributed by atoms with Crippen molar-refractivity contribution in [1.29, 1.82) is 0 Å². The molecule has 2 heterocycles. The van der Waals surface area contributed by atoms with Crippen LogP contribution in [-0.2, 0) is 19.1 Å². The summed E-state index contributed by atoms with van der Waals surface area (Å²) in [5.74, 6) is -1.70. The molecule has 3 atom stereocenters. The van der Waals surface area contributed by atoms with E-state index in [1.807, 2.05) is 0 Å². The van der Waals surface area contributed by atoms with Gasteiger partial charge in [-0.25, -0.2) is 0 Å². The number of carbonyl (C=O) groups is 3. The molecule has 0 radical (unpaired) electrons. The molecule has 1 aromatic carbocycles. The van der Waals surface area contributed by atoms with Crippen LogP contribution in [0.1, 0.15) is 42.9 Å². The van der Waals surface area contributed by atoms with E-state index in [2.05, 4.69) is 5.32 Å². The standard InChI is InChI=1S/C24H25NO7/c1-4-31-24(28)22-15(17-6-5-9-32-17)11-16-21(23(22)27)14(12-20(26)25-16)13-7-8-18(29-2)19(10-13)30-3/h5-10,14-15,22H,4,11-12H2,1-3H3,(H,25,26)/t14-,15-,22-/m0/s1. The lowest BCUT2D eigenvalue weighted by Crippen LogP contribution is -2.44. The molecule has 8 nitrogen and oxygen atoms in total. The van der Waals surface area contributed by atoms with E-state index >= 15 is 0 Å². The molecule has 0 unspecified atom stereocenters. The average molecular weight is 439 g/mol. The Bertz CT molecular complexity index is 1070. The highest BCUT2D eigenvalue weighted by Gasteiger charge is 2.48. The molecule has 1 N–H and O–H groups in total. The Morgan fingerprint density at radius 3 is 2.56 bits per heavy atom. The number of hydrogen-bond acceptors (Lipinski definition) is 7. The fourth-order valence-corrected chi connectivity index (χ4v) is 4.58. The minimum atomic E-state index is -1.04. The highest BCUT2D eigenvalue weighted by molar-refractivity contribution is 6.12. The summed E-state index contributed by atoms with van der Waals surface area (Å²) >= 11 is 0. The molecule has 1 amide bonds. The molecule has 1 aliphatic heterocycles. The van der Waals surface area contributed by atoms with Gasteiger partial charge in [-0.15, -0.1) is 0 Å². The van der Waals surface area contributed by atoms with Crippen LogP contribution in [0.5, 0.6) is 11.5 Å². The normalized spacial score (nSPS) is 22.8. The third kappa shape index (κ3) is 3.77. The molecule has 168 valence electrons. The van der Waals surface area contributed by atoms with Gasteiger partial charge in [0.1, 0.15) is 11.7 Å². The van der Waals surface area contributed by atoms with Gasteiger partial charge in [-0.2, -0.15) is 0 Å². The monoisotopic (exact) mass is 439 g/mol. The molecule has 0 saturated heterocycles. The van der Waals surface area contributed by atoms with E-state index in [9.17, 15) is 14.4 Å². The summed E-state index contributed by atoms with van der Waals surface area (Å²) in [5.41, 5.74) is 1.68. The Balaban J connectivity index is 1.81. The van der Waals surface area contributed by atoms with Crippen molar-refractivity contribution >= 4 is 17.7 Å². The summed E-state index contributed by atoms with van der Waals surface area (Å²) in [6.07, 6.45) is 1.87. The van der Waals surface area contributed by atoms with Gasteiger partial charge in [0.15, 0.2) is 17.3 Å². The smallest absolute Gasteiger partial charge is 0.317 e. The third-order valence-electron chi connectivity index (χ3n) is 5.99. The summed E-state index contributed by atoms with van der Waals surface area (Å²) < 4.78 is 21.5. The van der Waals surface area contributed by atoms with E-state index in [1.165, 1.54) is 20.5 Å². The highest BCUT2D eigenvalue weighted by atomic mass is 16.5. The van der Waals surface area contributed by atoms with Crippen LogP contribution >= 0.6 is 0 Å². The van der Waals surface area contributed by atoms with Gasteiger partial charge in [-0.1, -0.05) is 6.07 Å². The zero-order valence-electron chi connectivity index (χ0n) is 18.2. The number of rotatable bonds is 6. The summed E-state index contributed by atoms with van der Waals surface area (Å²) in [6.45, 7) is 1.86. The van der Waals surface area contributed by atoms with Crippen molar-refractivity contribution in [1.82, 2.24) is 5.32 Å². The molecule has 0 fully saturated rings. The Hall–Kier alpha value is -3.55. The number of nitrogens with one attached hydrogen (secondary N) is 1. The maximum Gasteiger partial charge on any atom is 0.317 e. The zero-order valence-corrected chi connectivity index (χ0v) is 18.2. The number of methoxy groups -OCH3 is 2. The number of carbonyl (C=O) groups excluding carboxylic acids is 3. The second-order valence-corrected chi connectivity index (χ2v) is 7.73. The Morgan fingerprint density at radius 1 is 1.12 bits per heavy atom. The van der Waals surface area contributed by atoms with Crippen molar-refractivity contribution in [2.75, 3.05) is 20.8 Å². The molecule has 2 aliphatic rings. The Labute approximate surface area is 185 Å². The molecule has 0 saturated carbocycles. The summed E-state index contributed by atoms with van der Waals surface area (Å²) in [5, 5.41) is 2.85. The van der Waals surface area contributed by atoms with Gasteiger partial charge < -0.3 is 23.9 Å². The van der Waals surface area contributed by atoms with Crippen molar-refractivity contribution < 1.29 is 33.0 Å². The van der Waals surface area contributed by atoms with Crippen molar-refractivity contribution in [3.8, 4) is 11.5 Å². The summed E-state index contributed by atoms with van der Waals surface area (Å²) in [6, 6.07) is 8.74. The van der Waals surface area contributed by atoms with Crippen LogP contribution < -0.4 is 14.8 Å². The number of allylic oxidation sites excluding steroid dienone is 2. The van der Waals surface area contributed by atoms with E-state index in [-0.39, 0.29) is 31.1 Å². The van der Waals surface area contributed by atoms with Crippen molar-refractivity contribution in [3.05, 3.63) is 59.2 Å². The fraction of sp³-hybridized carbons (Fsp3) is 0.375. The fourth-order valence-electron chi connectivity index (χ4n) is 4.58. The van der Waals surface area contributed by atoms with Gasteiger partial charge in [0.25, 0.3) is 0 Å². The number of Topliss-reactive ketones (excluding diaryl/α,β-unsaturated/α-hetero) is 1. The molecule has 2 aromatic rings. The van der Waals surface area contributed by atoms with Gasteiger partial charge in [-0.05, 0) is 43.2 Å². The van der Waals surface area contributed by atoms with Crippen LogP contribution in [0.25, 0.3) is 0 Å². The first-order valence-electron chi connectivity index (χ1n) is 10.5. The van der Waals surface area contributed by atoms with E-state index in [4.69, 9.17) is 18.6 Å². The SMILES string of the molecule is CCOC(=O)[C@@H]1C(=O)C2=C(C[C@H]1c1ccco1)NC(=O)C[C@H]2c1ccc(OC)c(OC)c1. The molecule has 8 heteroatoms. The lowest BCUT2D eigenvalue weighted by molar-refractivity contribution is -0.152. The van der Waals surface area contributed by atoms with Gasteiger partial charge in [0, 0.05) is 29.5 Å². The predicted molar refractivity (Wildman–Crippen MR) is 113 cm³/mol. The number of ketones is 1. The predicted octanol–water partition coefficient (Wildman–Crippen LogP) is 3.09. The maximum atomic E-state index is 13.7. The summed E-state index contributed by atoms with van der Waals surface area (Å²) in [4.78, 5) is 39.2. The average Bonchev–Trinajstić information content (AvgIpc) is 3.32.